The van der Waals surface area contributed by atoms with Crippen molar-refractivity contribution >= 4 is 17.1 Å². The van der Waals surface area contributed by atoms with E-state index in [0.29, 0.717) is 24.1 Å². The molecule has 0 bridgehead atoms. The van der Waals surface area contributed by atoms with Gasteiger partial charge in [-0.25, -0.2) is 4.98 Å². The van der Waals surface area contributed by atoms with Crippen LogP contribution < -0.4 is 11.3 Å². The van der Waals surface area contributed by atoms with E-state index in [1.807, 2.05) is 0 Å². The molecule has 0 atom stereocenters. The van der Waals surface area contributed by atoms with Gasteiger partial charge in [-0.3, -0.25) is 9.78 Å². The summed E-state index contributed by atoms with van der Waals surface area (Å²) in [6.07, 6.45) is 3.04. The third-order valence-electron chi connectivity index (χ3n) is 2.31. The van der Waals surface area contributed by atoms with Crippen LogP contribution in [0.2, 0.25) is 0 Å². The van der Waals surface area contributed by atoms with Gasteiger partial charge in [0.05, 0.1) is 6.33 Å². The van der Waals surface area contributed by atoms with Gasteiger partial charge in [-0.1, -0.05) is 0 Å². The SMILES string of the molecule is Nc1nc2ncn(CCCCO)c2c(=O)[nH]1. The molecule has 0 aliphatic rings. The molecule has 0 saturated carbocycles. The molecule has 0 unspecified atom stereocenters. The molecule has 4 N–H and O–H groups in total. The Hall–Kier alpha value is -1.89. The maximum Gasteiger partial charge on any atom is 0.278 e. The maximum absolute atomic E-state index is 11.6. The van der Waals surface area contributed by atoms with Crippen LogP contribution in [0, 0.1) is 0 Å². The van der Waals surface area contributed by atoms with E-state index >= 15 is 0 Å². The number of aromatic amines is 1. The second-order valence-electron chi connectivity index (χ2n) is 3.49. The number of aromatic nitrogens is 4. The summed E-state index contributed by atoms with van der Waals surface area (Å²) < 4.78 is 1.72. The van der Waals surface area contributed by atoms with Gasteiger partial charge in [-0.05, 0) is 12.8 Å². The van der Waals surface area contributed by atoms with Crippen LogP contribution in [0.3, 0.4) is 0 Å². The number of anilines is 1. The third-order valence-corrected chi connectivity index (χ3v) is 2.31. The van der Waals surface area contributed by atoms with Crippen LogP contribution in [-0.4, -0.2) is 31.2 Å². The molecule has 0 radical (unpaired) electrons. The number of nitrogens with one attached hydrogen (secondary N) is 1. The number of aliphatic hydroxyl groups excluding tert-OH is 1. The highest BCUT2D eigenvalue weighted by Crippen LogP contribution is 2.07. The van der Waals surface area contributed by atoms with E-state index in [1.165, 1.54) is 0 Å². The number of hydrogen-bond donors (Lipinski definition) is 3. The van der Waals surface area contributed by atoms with Crippen molar-refractivity contribution in [2.75, 3.05) is 12.3 Å². The Balaban J connectivity index is 2.37. The van der Waals surface area contributed by atoms with Crippen molar-refractivity contribution in [3.8, 4) is 0 Å². The van der Waals surface area contributed by atoms with Gasteiger partial charge in [0.2, 0.25) is 5.95 Å². The number of nitrogens with zero attached hydrogens (tertiary/aromatic N) is 3. The predicted octanol–water partition coefficient (Wildman–Crippen LogP) is -0.526. The van der Waals surface area contributed by atoms with Crippen LogP contribution in [0.4, 0.5) is 5.95 Å². The van der Waals surface area contributed by atoms with Gasteiger partial charge in [0.1, 0.15) is 0 Å². The summed E-state index contributed by atoms with van der Waals surface area (Å²) in [5.74, 6) is 0.0677. The number of imidazole rings is 1. The lowest BCUT2D eigenvalue weighted by atomic mass is 10.3. The summed E-state index contributed by atoms with van der Waals surface area (Å²) in [6, 6.07) is 0. The highest BCUT2D eigenvalue weighted by molar-refractivity contribution is 5.70. The van der Waals surface area contributed by atoms with Crippen molar-refractivity contribution in [3.63, 3.8) is 0 Å². The molecule has 0 aliphatic carbocycles. The molecule has 7 nitrogen and oxygen atoms in total. The fourth-order valence-corrected chi connectivity index (χ4v) is 1.57. The summed E-state index contributed by atoms with van der Waals surface area (Å²) in [5, 5.41) is 8.68. The molecule has 2 heterocycles. The van der Waals surface area contributed by atoms with Gasteiger partial charge in [-0.15, -0.1) is 0 Å². The van der Waals surface area contributed by atoms with Gasteiger partial charge >= 0.3 is 0 Å². The zero-order chi connectivity index (χ0) is 11.5. The van der Waals surface area contributed by atoms with Gasteiger partial charge in [-0.2, -0.15) is 4.98 Å². The zero-order valence-electron chi connectivity index (χ0n) is 8.68. The molecule has 0 aliphatic heterocycles. The minimum absolute atomic E-state index is 0.0677. The maximum atomic E-state index is 11.6. The van der Waals surface area contributed by atoms with Gasteiger partial charge in [0.15, 0.2) is 11.2 Å². The summed E-state index contributed by atoms with van der Waals surface area (Å²) in [4.78, 5) is 22.0. The number of rotatable bonds is 4. The second-order valence-corrected chi connectivity index (χ2v) is 3.49. The van der Waals surface area contributed by atoms with Crippen molar-refractivity contribution in [1.82, 2.24) is 19.5 Å². The number of H-pyrrole nitrogens is 1. The van der Waals surface area contributed by atoms with E-state index in [9.17, 15) is 4.79 Å². The molecule has 0 aromatic carbocycles. The Labute approximate surface area is 90.9 Å². The van der Waals surface area contributed by atoms with E-state index in [1.54, 1.807) is 10.9 Å². The van der Waals surface area contributed by atoms with E-state index in [-0.39, 0.29) is 18.1 Å². The molecule has 7 heteroatoms. The summed E-state index contributed by atoms with van der Waals surface area (Å²) in [5.41, 5.74) is 5.89. The number of aliphatic hydroxyl groups is 1. The molecule has 2 aromatic heterocycles. The summed E-state index contributed by atoms with van der Waals surface area (Å²) >= 11 is 0. The van der Waals surface area contributed by atoms with Gasteiger partial charge in [0, 0.05) is 13.2 Å². The van der Waals surface area contributed by atoms with E-state index in [2.05, 4.69) is 15.0 Å². The highest BCUT2D eigenvalue weighted by atomic mass is 16.2. The Kier molecular flexibility index (Phi) is 2.86. The number of hydrogen-bond acceptors (Lipinski definition) is 5. The van der Waals surface area contributed by atoms with Gasteiger partial charge in [0.25, 0.3) is 5.56 Å². The Morgan fingerprint density at radius 2 is 2.31 bits per heavy atom. The van der Waals surface area contributed by atoms with Crippen LogP contribution in [0.25, 0.3) is 11.2 Å². The molecule has 0 saturated heterocycles. The van der Waals surface area contributed by atoms with Crippen molar-refractivity contribution in [1.29, 1.82) is 0 Å². The highest BCUT2D eigenvalue weighted by Gasteiger charge is 2.08. The Morgan fingerprint density at radius 3 is 3.06 bits per heavy atom. The van der Waals surface area contributed by atoms with Gasteiger partial charge < -0.3 is 15.4 Å². The number of nitrogens with two attached hydrogens (primary N) is 1. The first-order valence-electron chi connectivity index (χ1n) is 5.04. The first-order chi connectivity index (χ1) is 7.72. The fourth-order valence-electron chi connectivity index (χ4n) is 1.57. The lowest BCUT2D eigenvalue weighted by molar-refractivity contribution is 0.281. The van der Waals surface area contributed by atoms with Crippen LogP contribution >= 0.6 is 0 Å². The average molecular weight is 223 g/mol. The van der Waals surface area contributed by atoms with Crippen LogP contribution in [0.5, 0.6) is 0 Å². The first-order valence-corrected chi connectivity index (χ1v) is 5.04. The first kappa shape index (κ1) is 10.6. The van der Waals surface area contributed by atoms with E-state index < -0.39 is 0 Å². The summed E-state index contributed by atoms with van der Waals surface area (Å²) in [6.45, 7) is 0.778. The van der Waals surface area contributed by atoms with Crippen molar-refractivity contribution in [2.45, 2.75) is 19.4 Å². The molecule has 86 valence electrons. The number of aryl methyl sites for hydroxylation is 1. The normalized spacial score (nSPS) is 11.1. The molecule has 0 fully saturated rings. The average Bonchev–Trinajstić information content (AvgIpc) is 2.62. The minimum atomic E-state index is -0.288. The molecular weight excluding hydrogens is 210 g/mol. The lowest BCUT2D eigenvalue weighted by Gasteiger charge is -2.01. The van der Waals surface area contributed by atoms with Crippen molar-refractivity contribution in [3.05, 3.63) is 16.7 Å². The molecule has 2 rings (SSSR count). The second kappa shape index (κ2) is 4.31. The largest absolute Gasteiger partial charge is 0.396 e. The van der Waals surface area contributed by atoms with Crippen molar-refractivity contribution < 1.29 is 5.11 Å². The number of nitrogen functional groups attached to an aromatic ring is 1. The standard InChI is InChI=1S/C9H13N5O2/c10-9-12-7-6(8(16)13-9)14(5-11-7)3-1-2-4-15/h5,15H,1-4H2,(H3,10,12,13,16). The molecule has 16 heavy (non-hydrogen) atoms. The van der Waals surface area contributed by atoms with Crippen LogP contribution in [-0.2, 0) is 6.54 Å². The molecule has 2 aromatic rings. The molecule has 0 spiro atoms. The smallest absolute Gasteiger partial charge is 0.278 e. The van der Waals surface area contributed by atoms with E-state index in [0.717, 1.165) is 6.42 Å². The quantitative estimate of drug-likeness (QED) is 0.604. The summed E-state index contributed by atoms with van der Waals surface area (Å²) in [7, 11) is 0. The molecular formula is C9H13N5O2. The van der Waals surface area contributed by atoms with Crippen LogP contribution in [0.15, 0.2) is 11.1 Å². The topological polar surface area (TPSA) is 110 Å². The zero-order valence-corrected chi connectivity index (χ0v) is 8.68. The number of unbranched alkanes of at least 4 members (excludes halogenated alkanes) is 1. The van der Waals surface area contributed by atoms with E-state index in [4.69, 9.17) is 10.8 Å². The van der Waals surface area contributed by atoms with Crippen molar-refractivity contribution in [2.24, 2.45) is 0 Å². The fraction of sp³-hybridized carbons (Fsp3) is 0.444. The predicted molar refractivity (Wildman–Crippen MR) is 58.9 cm³/mol. The Bertz CT molecular complexity index is 544. The molecule has 0 amide bonds. The lowest BCUT2D eigenvalue weighted by Crippen LogP contribution is -2.14. The van der Waals surface area contributed by atoms with Crippen LogP contribution in [0.1, 0.15) is 12.8 Å². The minimum Gasteiger partial charge on any atom is -0.396 e. The Morgan fingerprint density at radius 1 is 1.50 bits per heavy atom. The number of fused-ring (bicyclic) bond motifs is 1. The monoisotopic (exact) mass is 223 g/mol. The third kappa shape index (κ3) is 1.89.